The maximum atomic E-state index is 12.2. The van der Waals surface area contributed by atoms with Crippen LogP contribution >= 0.6 is 11.3 Å². The third-order valence-corrected chi connectivity index (χ3v) is 4.96. The van der Waals surface area contributed by atoms with E-state index >= 15 is 0 Å². The molecule has 132 valence electrons. The Balaban J connectivity index is 1.78. The van der Waals surface area contributed by atoms with Gasteiger partial charge in [0.25, 0.3) is 0 Å². The molecule has 3 rings (SSSR count). The van der Waals surface area contributed by atoms with Crippen LogP contribution in [0.5, 0.6) is 5.75 Å². The molecule has 0 aliphatic rings. The van der Waals surface area contributed by atoms with Crippen molar-refractivity contribution in [3.8, 4) is 5.75 Å². The lowest BCUT2D eigenvalue weighted by Gasteiger charge is -2.05. The lowest BCUT2D eigenvalue weighted by Crippen LogP contribution is -1.95. The lowest BCUT2D eigenvalue weighted by atomic mass is 10.1. The van der Waals surface area contributed by atoms with Crippen LogP contribution < -0.4 is 0 Å². The lowest BCUT2D eigenvalue weighted by molar-refractivity contribution is -0.386. The molecule has 2 aromatic carbocycles. The summed E-state index contributed by atoms with van der Waals surface area (Å²) >= 11 is 1.34. The molecular formula is C18H15N3O4S. The first-order valence-corrected chi connectivity index (χ1v) is 8.70. The summed E-state index contributed by atoms with van der Waals surface area (Å²) in [5, 5.41) is 29.4. The molecule has 0 atom stereocenters. The normalized spacial score (nSPS) is 11.3. The monoisotopic (exact) mass is 369 g/mol. The zero-order valence-corrected chi connectivity index (χ0v) is 14.7. The van der Waals surface area contributed by atoms with Crippen molar-refractivity contribution >= 4 is 33.0 Å². The van der Waals surface area contributed by atoms with Crippen LogP contribution in [0.1, 0.15) is 27.7 Å². The molecule has 1 N–H and O–H groups in total. The minimum Gasteiger partial charge on any atom is -0.502 e. The van der Waals surface area contributed by atoms with E-state index in [1.54, 1.807) is 19.1 Å². The van der Waals surface area contributed by atoms with E-state index in [0.29, 0.717) is 22.4 Å². The number of azo groups is 1. The highest BCUT2D eigenvalue weighted by molar-refractivity contribution is 7.20. The summed E-state index contributed by atoms with van der Waals surface area (Å²) in [6, 6.07) is 12.3. The third-order valence-electron chi connectivity index (χ3n) is 3.86. The minimum atomic E-state index is -0.641. The Morgan fingerprint density at radius 1 is 1.27 bits per heavy atom. The second-order valence-corrected chi connectivity index (χ2v) is 6.67. The van der Waals surface area contributed by atoms with Gasteiger partial charge in [0.2, 0.25) is 0 Å². The molecule has 26 heavy (non-hydrogen) atoms. The number of hydrogen-bond donors (Lipinski definition) is 1. The van der Waals surface area contributed by atoms with Crippen molar-refractivity contribution in [2.45, 2.75) is 19.9 Å². The number of hydrogen-bond acceptors (Lipinski definition) is 6. The van der Waals surface area contributed by atoms with E-state index in [0.717, 1.165) is 10.1 Å². The highest BCUT2D eigenvalue weighted by atomic mass is 32.1. The maximum Gasteiger partial charge on any atom is 0.311 e. The average molecular weight is 369 g/mol. The Bertz CT molecular complexity index is 993. The van der Waals surface area contributed by atoms with Gasteiger partial charge < -0.3 is 5.11 Å². The number of carbonyl (C=O) groups excluding carboxylic acids is 1. The quantitative estimate of drug-likeness (QED) is 0.393. The number of aromatic hydroxyl groups is 1. The molecular weight excluding hydrogens is 354 g/mol. The molecule has 0 saturated carbocycles. The van der Waals surface area contributed by atoms with Crippen LogP contribution in [0.3, 0.4) is 0 Å². The molecule has 0 unspecified atom stereocenters. The van der Waals surface area contributed by atoms with Gasteiger partial charge in [-0.25, -0.2) is 0 Å². The van der Waals surface area contributed by atoms with E-state index in [-0.39, 0.29) is 18.0 Å². The van der Waals surface area contributed by atoms with Gasteiger partial charge in [-0.3, -0.25) is 14.9 Å². The number of aryl methyl sites for hydroxylation is 1. The summed E-state index contributed by atoms with van der Waals surface area (Å²) in [7, 11) is 0. The SMILES string of the molecule is CCc1cc(C/N=N/C(=O)c2cc3ccccc3s2)cc([N+](=O)[O-])c1O. The molecule has 0 spiro atoms. The predicted octanol–water partition coefficient (Wildman–Crippen LogP) is 4.87. The molecule has 0 saturated heterocycles. The highest BCUT2D eigenvalue weighted by Crippen LogP contribution is 2.32. The second-order valence-electron chi connectivity index (χ2n) is 5.59. The molecule has 1 amide bonds. The van der Waals surface area contributed by atoms with E-state index in [2.05, 4.69) is 10.2 Å². The van der Waals surface area contributed by atoms with Crippen LogP contribution in [0.4, 0.5) is 5.69 Å². The fourth-order valence-corrected chi connectivity index (χ4v) is 3.50. The van der Waals surface area contributed by atoms with Crippen molar-refractivity contribution in [3.05, 3.63) is 68.6 Å². The standard InChI is InChI=1S/C18H15N3O4S/c1-2-12-7-11(8-14(17(12)22)21(24)25)10-19-20-18(23)16-9-13-5-3-4-6-15(13)26-16/h3-9,22H,2,10H2,1H3/b20-19+. The van der Waals surface area contributed by atoms with Crippen molar-refractivity contribution in [1.82, 2.24) is 0 Å². The van der Waals surface area contributed by atoms with Gasteiger partial charge in [-0.1, -0.05) is 25.1 Å². The molecule has 8 heteroatoms. The van der Waals surface area contributed by atoms with Gasteiger partial charge in [-0.2, -0.15) is 5.11 Å². The Morgan fingerprint density at radius 2 is 2.04 bits per heavy atom. The zero-order chi connectivity index (χ0) is 18.7. The number of carbonyl (C=O) groups is 1. The van der Waals surface area contributed by atoms with Crippen LogP contribution in [0, 0.1) is 10.1 Å². The second kappa shape index (κ2) is 7.40. The minimum absolute atomic E-state index is 0.0186. The number of amides is 1. The van der Waals surface area contributed by atoms with Gasteiger partial charge in [0.05, 0.1) is 16.3 Å². The molecule has 0 radical (unpaired) electrons. The van der Waals surface area contributed by atoms with E-state index in [4.69, 9.17) is 0 Å². The summed E-state index contributed by atoms with van der Waals surface area (Å²) in [5.74, 6) is -0.783. The van der Waals surface area contributed by atoms with Gasteiger partial charge in [0.15, 0.2) is 5.75 Å². The van der Waals surface area contributed by atoms with Crippen LogP contribution in [0.25, 0.3) is 10.1 Å². The summed E-state index contributed by atoms with van der Waals surface area (Å²) in [6.45, 7) is 1.81. The van der Waals surface area contributed by atoms with Gasteiger partial charge >= 0.3 is 11.6 Å². The Kier molecular flexibility index (Phi) is 5.04. The summed E-state index contributed by atoms with van der Waals surface area (Å²) in [4.78, 5) is 23.0. The first-order chi connectivity index (χ1) is 12.5. The number of fused-ring (bicyclic) bond motifs is 1. The van der Waals surface area contributed by atoms with Gasteiger partial charge in [-0.15, -0.1) is 16.5 Å². The van der Waals surface area contributed by atoms with Gasteiger partial charge in [0.1, 0.15) is 0 Å². The summed E-state index contributed by atoms with van der Waals surface area (Å²) in [5.41, 5.74) is 0.602. The number of phenols is 1. The smallest absolute Gasteiger partial charge is 0.311 e. The number of phenolic OH excluding ortho intramolecular Hbond substituents is 1. The van der Waals surface area contributed by atoms with E-state index in [1.165, 1.54) is 17.4 Å². The van der Waals surface area contributed by atoms with Crippen molar-refractivity contribution in [2.24, 2.45) is 10.2 Å². The topological polar surface area (TPSA) is 105 Å². The number of benzene rings is 2. The van der Waals surface area contributed by atoms with E-state index in [9.17, 15) is 20.0 Å². The first-order valence-electron chi connectivity index (χ1n) is 7.89. The fraction of sp³-hybridized carbons (Fsp3) is 0.167. The number of thiophene rings is 1. The van der Waals surface area contributed by atoms with Crippen molar-refractivity contribution < 1.29 is 14.8 Å². The van der Waals surface area contributed by atoms with E-state index < -0.39 is 10.8 Å². The van der Waals surface area contributed by atoms with Crippen molar-refractivity contribution in [3.63, 3.8) is 0 Å². The number of nitro benzene ring substituents is 1. The third kappa shape index (κ3) is 3.60. The number of rotatable bonds is 5. The summed E-state index contributed by atoms with van der Waals surface area (Å²) < 4.78 is 0.993. The molecule has 3 aromatic rings. The maximum absolute atomic E-state index is 12.2. The molecule has 0 aliphatic carbocycles. The van der Waals surface area contributed by atoms with Crippen LogP contribution in [-0.4, -0.2) is 15.9 Å². The van der Waals surface area contributed by atoms with Crippen molar-refractivity contribution in [2.75, 3.05) is 0 Å². The molecule has 1 heterocycles. The largest absolute Gasteiger partial charge is 0.502 e. The first kappa shape index (κ1) is 17.7. The summed E-state index contributed by atoms with van der Waals surface area (Å²) in [6.07, 6.45) is 0.443. The predicted molar refractivity (Wildman–Crippen MR) is 98.9 cm³/mol. The molecule has 0 aliphatic heterocycles. The molecule has 0 fully saturated rings. The average Bonchev–Trinajstić information content (AvgIpc) is 3.06. The van der Waals surface area contributed by atoms with Gasteiger partial charge in [0, 0.05) is 16.3 Å². The number of nitrogens with zero attached hydrogens (tertiary/aromatic N) is 3. The number of nitro groups is 1. The Labute approximate surface area is 152 Å². The van der Waals surface area contributed by atoms with Crippen LogP contribution in [-0.2, 0) is 13.0 Å². The Hall–Kier alpha value is -3.13. The molecule has 1 aromatic heterocycles. The van der Waals surface area contributed by atoms with E-state index in [1.807, 2.05) is 24.3 Å². The molecule has 7 nitrogen and oxygen atoms in total. The van der Waals surface area contributed by atoms with Crippen LogP contribution in [0.2, 0.25) is 0 Å². The molecule has 0 bridgehead atoms. The Morgan fingerprint density at radius 3 is 2.73 bits per heavy atom. The van der Waals surface area contributed by atoms with Gasteiger partial charge in [-0.05, 0) is 35.6 Å². The fourth-order valence-electron chi connectivity index (χ4n) is 2.56. The van der Waals surface area contributed by atoms with Crippen molar-refractivity contribution in [1.29, 1.82) is 0 Å². The highest BCUT2D eigenvalue weighted by Gasteiger charge is 2.18. The van der Waals surface area contributed by atoms with Crippen LogP contribution in [0.15, 0.2) is 52.7 Å². The zero-order valence-electron chi connectivity index (χ0n) is 13.9.